The maximum absolute atomic E-state index is 12.5. The molecule has 1 aromatic heterocycles. The third-order valence-electron chi connectivity index (χ3n) is 5.49. The van der Waals surface area contributed by atoms with Crippen LogP contribution in [-0.4, -0.2) is 51.5 Å². The molecular weight excluding hydrogens is 360 g/mol. The molecule has 0 aromatic carbocycles. The van der Waals surface area contributed by atoms with Crippen LogP contribution < -0.4 is 16.0 Å². The number of likely N-dealkylation sites (tertiary alicyclic amines) is 1. The van der Waals surface area contributed by atoms with E-state index in [0.717, 1.165) is 12.8 Å². The van der Waals surface area contributed by atoms with Crippen molar-refractivity contribution in [1.82, 2.24) is 25.3 Å². The summed E-state index contributed by atoms with van der Waals surface area (Å²) in [5.41, 5.74) is 0.678. The van der Waals surface area contributed by atoms with Crippen LogP contribution >= 0.6 is 0 Å². The van der Waals surface area contributed by atoms with Gasteiger partial charge in [0.25, 0.3) is 0 Å². The van der Waals surface area contributed by atoms with Crippen LogP contribution in [0.15, 0.2) is 6.07 Å². The van der Waals surface area contributed by atoms with Gasteiger partial charge in [0.15, 0.2) is 6.29 Å². The Morgan fingerprint density at radius 3 is 2.61 bits per heavy atom. The van der Waals surface area contributed by atoms with E-state index in [1.165, 1.54) is 4.68 Å². The summed E-state index contributed by atoms with van der Waals surface area (Å²) in [6.07, 6.45) is 1.63. The normalized spacial score (nSPS) is 23.6. The molecule has 0 radical (unpaired) electrons. The van der Waals surface area contributed by atoms with Crippen molar-refractivity contribution in [3.05, 3.63) is 11.8 Å². The topological polar surface area (TPSA) is 108 Å². The predicted octanol–water partition coefficient (Wildman–Crippen LogP) is 0.979. The van der Waals surface area contributed by atoms with Crippen molar-refractivity contribution in [2.75, 3.05) is 18.4 Å². The number of piperidine rings is 1. The minimum Gasteiger partial charge on any atom is -0.334 e. The fourth-order valence-corrected chi connectivity index (χ4v) is 3.61. The van der Waals surface area contributed by atoms with Gasteiger partial charge >= 0.3 is 11.8 Å². The second-order valence-corrected chi connectivity index (χ2v) is 8.24. The molecule has 2 aliphatic heterocycles. The Bertz CT molecular complexity index is 751. The number of hydrogen-bond acceptors (Lipinski definition) is 5. The highest BCUT2D eigenvalue weighted by atomic mass is 16.2. The van der Waals surface area contributed by atoms with Gasteiger partial charge in [-0.05, 0) is 31.6 Å². The molecule has 3 N–H and O–H groups in total. The Hall–Kier alpha value is -2.42. The van der Waals surface area contributed by atoms with E-state index in [-0.39, 0.29) is 17.9 Å². The molecule has 2 unspecified atom stereocenters. The molecule has 2 aliphatic rings. The first kappa shape index (κ1) is 20.3. The average Bonchev–Trinajstić information content (AvgIpc) is 3.01. The van der Waals surface area contributed by atoms with Crippen molar-refractivity contribution >= 4 is 23.5 Å². The third kappa shape index (κ3) is 4.52. The molecule has 0 spiro atoms. The Morgan fingerprint density at radius 1 is 1.29 bits per heavy atom. The fourth-order valence-electron chi connectivity index (χ4n) is 3.61. The molecule has 0 aliphatic carbocycles. The van der Waals surface area contributed by atoms with Gasteiger partial charge in [-0.1, -0.05) is 20.8 Å². The van der Waals surface area contributed by atoms with Gasteiger partial charge in [-0.3, -0.25) is 19.7 Å². The maximum Gasteiger partial charge on any atom is 0.315 e. The number of hydrogen-bond donors (Lipinski definition) is 3. The summed E-state index contributed by atoms with van der Waals surface area (Å²) in [5.74, 6) is -0.0662. The van der Waals surface area contributed by atoms with Crippen molar-refractivity contribution in [3.63, 3.8) is 0 Å². The van der Waals surface area contributed by atoms with E-state index in [4.69, 9.17) is 0 Å². The van der Waals surface area contributed by atoms with Crippen molar-refractivity contribution in [2.45, 2.75) is 59.3 Å². The highest BCUT2D eigenvalue weighted by Gasteiger charge is 2.31. The predicted molar refractivity (Wildman–Crippen MR) is 104 cm³/mol. The second kappa shape index (κ2) is 8.30. The molecular formula is C19H30N6O3. The molecule has 28 heavy (non-hydrogen) atoms. The van der Waals surface area contributed by atoms with E-state index in [2.05, 4.69) is 28.0 Å². The lowest BCUT2D eigenvalue weighted by molar-refractivity contribution is -0.144. The Kier molecular flexibility index (Phi) is 6.02. The number of carbonyl (C=O) groups is 3. The van der Waals surface area contributed by atoms with Gasteiger partial charge in [0, 0.05) is 31.6 Å². The summed E-state index contributed by atoms with van der Waals surface area (Å²) >= 11 is 0. The van der Waals surface area contributed by atoms with Crippen molar-refractivity contribution in [2.24, 2.45) is 11.8 Å². The number of anilines is 1. The molecule has 3 heterocycles. The average molecular weight is 390 g/mol. The lowest BCUT2D eigenvalue weighted by Crippen LogP contribution is -2.55. The zero-order chi connectivity index (χ0) is 20.4. The SMILES string of the molecule is Cc1cc(NC(=O)C(=O)N2CCC(C)CC2)n(C2NC(=O)CC(C(C)C)N2)n1. The van der Waals surface area contributed by atoms with Crippen LogP contribution in [0.4, 0.5) is 5.82 Å². The Balaban J connectivity index is 1.72. The van der Waals surface area contributed by atoms with E-state index in [1.807, 2.05) is 13.8 Å². The summed E-state index contributed by atoms with van der Waals surface area (Å²) in [4.78, 5) is 38.7. The molecule has 0 bridgehead atoms. The van der Waals surface area contributed by atoms with Crippen LogP contribution in [0.3, 0.4) is 0 Å². The maximum atomic E-state index is 12.5. The van der Waals surface area contributed by atoms with Gasteiger partial charge in [-0.15, -0.1) is 0 Å². The molecule has 3 amide bonds. The van der Waals surface area contributed by atoms with Crippen LogP contribution in [0.2, 0.25) is 0 Å². The Labute approximate surface area is 165 Å². The molecule has 9 heteroatoms. The van der Waals surface area contributed by atoms with Gasteiger partial charge in [0.1, 0.15) is 5.82 Å². The minimum atomic E-state index is -0.682. The third-order valence-corrected chi connectivity index (χ3v) is 5.49. The summed E-state index contributed by atoms with van der Waals surface area (Å²) < 4.78 is 1.52. The van der Waals surface area contributed by atoms with E-state index >= 15 is 0 Å². The van der Waals surface area contributed by atoms with Gasteiger partial charge in [0.2, 0.25) is 5.91 Å². The highest BCUT2D eigenvalue weighted by Crippen LogP contribution is 2.20. The van der Waals surface area contributed by atoms with Crippen LogP contribution in [0.5, 0.6) is 0 Å². The number of nitrogens with one attached hydrogen (secondary N) is 3. The standard InChI is InChI=1S/C19H30N6O3/c1-11(2)14-10-16(26)22-19(20-14)25-15(9-13(4)23-25)21-17(27)18(28)24-7-5-12(3)6-8-24/h9,11-12,14,19-20H,5-8,10H2,1-4H3,(H,21,27)(H,22,26). The number of nitrogens with zero attached hydrogens (tertiary/aromatic N) is 3. The molecule has 2 fully saturated rings. The Morgan fingerprint density at radius 2 is 1.96 bits per heavy atom. The first-order valence-corrected chi connectivity index (χ1v) is 9.96. The lowest BCUT2D eigenvalue weighted by atomic mass is 9.99. The van der Waals surface area contributed by atoms with Crippen molar-refractivity contribution in [3.8, 4) is 0 Å². The number of carbonyl (C=O) groups excluding carboxylic acids is 3. The van der Waals surface area contributed by atoms with E-state index in [1.54, 1.807) is 17.9 Å². The zero-order valence-corrected chi connectivity index (χ0v) is 17.0. The monoisotopic (exact) mass is 390 g/mol. The fraction of sp³-hybridized carbons (Fsp3) is 0.684. The van der Waals surface area contributed by atoms with E-state index in [0.29, 0.717) is 36.9 Å². The molecule has 3 rings (SSSR count). The van der Waals surface area contributed by atoms with Gasteiger partial charge in [0.05, 0.1) is 5.69 Å². The first-order valence-electron chi connectivity index (χ1n) is 9.96. The number of aromatic nitrogens is 2. The highest BCUT2D eigenvalue weighted by molar-refractivity contribution is 6.39. The summed E-state index contributed by atoms with van der Waals surface area (Å²) in [6.45, 7) is 9.23. The number of amides is 3. The quantitative estimate of drug-likeness (QED) is 0.667. The van der Waals surface area contributed by atoms with Crippen LogP contribution in [0.25, 0.3) is 0 Å². The zero-order valence-electron chi connectivity index (χ0n) is 17.0. The van der Waals surface area contributed by atoms with Crippen LogP contribution in [0.1, 0.15) is 52.0 Å². The van der Waals surface area contributed by atoms with Crippen LogP contribution in [-0.2, 0) is 14.4 Å². The second-order valence-electron chi connectivity index (χ2n) is 8.24. The molecule has 154 valence electrons. The minimum absolute atomic E-state index is 0.00350. The van der Waals surface area contributed by atoms with Crippen molar-refractivity contribution < 1.29 is 14.4 Å². The summed E-state index contributed by atoms with van der Waals surface area (Å²) in [6, 6.07) is 1.69. The van der Waals surface area contributed by atoms with Crippen LogP contribution in [0, 0.1) is 18.8 Å². The first-order chi connectivity index (χ1) is 13.2. The molecule has 2 atom stereocenters. The smallest absolute Gasteiger partial charge is 0.315 e. The molecule has 9 nitrogen and oxygen atoms in total. The van der Waals surface area contributed by atoms with Gasteiger partial charge in [-0.2, -0.15) is 5.10 Å². The van der Waals surface area contributed by atoms with Crippen molar-refractivity contribution in [1.29, 1.82) is 0 Å². The summed E-state index contributed by atoms with van der Waals surface area (Å²) in [7, 11) is 0. The largest absolute Gasteiger partial charge is 0.334 e. The molecule has 1 aromatic rings. The lowest BCUT2D eigenvalue weighted by Gasteiger charge is -2.34. The van der Waals surface area contributed by atoms with Gasteiger partial charge < -0.3 is 15.5 Å². The van der Waals surface area contributed by atoms with E-state index < -0.39 is 18.1 Å². The number of rotatable bonds is 3. The number of aryl methyl sites for hydroxylation is 1. The van der Waals surface area contributed by atoms with Gasteiger partial charge in [-0.25, -0.2) is 4.68 Å². The summed E-state index contributed by atoms with van der Waals surface area (Å²) in [5, 5.41) is 13.3. The van der Waals surface area contributed by atoms with E-state index in [9.17, 15) is 14.4 Å². The molecule has 2 saturated heterocycles. The molecule has 0 saturated carbocycles.